The lowest BCUT2D eigenvalue weighted by Crippen LogP contribution is -2.08. The predicted molar refractivity (Wildman–Crippen MR) is 70.4 cm³/mol. The summed E-state index contributed by atoms with van der Waals surface area (Å²) < 4.78 is 31.6. The van der Waals surface area contributed by atoms with E-state index in [1.807, 2.05) is 0 Å². The van der Waals surface area contributed by atoms with Crippen LogP contribution in [0.25, 0.3) is 0 Å². The molecule has 0 saturated heterocycles. The van der Waals surface area contributed by atoms with Gasteiger partial charge in [-0.15, -0.1) is 0 Å². The minimum absolute atomic E-state index is 0.396. The van der Waals surface area contributed by atoms with Gasteiger partial charge in [0.05, 0.1) is 10.6 Å². The highest BCUT2D eigenvalue weighted by Crippen LogP contribution is 2.27. The van der Waals surface area contributed by atoms with Crippen LogP contribution in [0, 0.1) is 44.1 Å². The van der Waals surface area contributed by atoms with E-state index in [9.17, 15) is 18.5 Å². The number of nitrogens with one attached hydrogen (secondary N) is 1. The fourth-order valence-electron chi connectivity index (χ4n) is 1.36. The molecule has 0 fully saturated rings. The molecule has 0 heterocycles. The Bertz CT molecular complexity index is 882. The minimum atomic E-state index is -4.85. The molecule has 1 rings (SSSR count). The van der Waals surface area contributed by atoms with Crippen LogP contribution in [0.4, 0.5) is 11.4 Å². The summed E-state index contributed by atoms with van der Waals surface area (Å²) in [5, 5.41) is 39.0. The Hall–Kier alpha value is -3.46. The molecule has 2 N–H and O–H groups in total. The monoisotopic (exact) mass is 319 g/mol. The third-order valence-corrected chi connectivity index (χ3v) is 3.19. The molecule has 0 spiro atoms. The topological polar surface area (TPSA) is 181 Å². The van der Waals surface area contributed by atoms with Crippen LogP contribution in [0.1, 0.15) is 0 Å². The van der Waals surface area contributed by atoms with Gasteiger partial charge in [0.1, 0.15) is 28.8 Å². The molecule has 0 atom stereocenters. The number of anilines is 1. The Kier molecular flexibility index (Phi) is 4.77. The Labute approximate surface area is 124 Å². The van der Waals surface area contributed by atoms with E-state index in [4.69, 9.17) is 20.3 Å². The number of non-ortho nitro benzene ring substituents is 1. The Morgan fingerprint density at radius 3 is 2.23 bits per heavy atom. The molecular weight excluding hydrogens is 314 g/mol. The van der Waals surface area contributed by atoms with Crippen LogP contribution in [-0.2, 0) is 10.1 Å². The van der Waals surface area contributed by atoms with Crippen LogP contribution in [0.3, 0.4) is 0 Å². The number of nitro groups is 1. The number of hydrogen-bond donors (Lipinski definition) is 2. The van der Waals surface area contributed by atoms with Gasteiger partial charge >= 0.3 is 0 Å². The van der Waals surface area contributed by atoms with Gasteiger partial charge in [-0.05, 0) is 6.07 Å². The van der Waals surface area contributed by atoms with Crippen molar-refractivity contribution in [2.24, 2.45) is 0 Å². The van der Waals surface area contributed by atoms with Crippen LogP contribution >= 0.6 is 0 Å². The van der Waals surface area contributed by atoms with E-state index < -0.39 is 42.6 Å². The summed E-state index contributed by atoms with van der Waals surface area (Å²) in [4.78, 5) is 8.88. The lowest BCUT2D eigenvalue weighted by molar-refractivity contribution is -0.385. The summed E-state index contributed by atoms with van der Waals surface area (Å²) >= 11 is 0. The van der Waals surface area contributed by atoms with Crippen molar-refractivity contribution in [1.29, 1.82) is 15.8 Å². The minimum Gasteiger partial charge on any atom is -0.344 e. The van der Waals surface area contributed by atoms with Gasteiger partial charge in [-0.1, -0.05) is 0 Å². The van der Waals surface area contributed by atoms with Crippen molar-refractivity contribution < 1.29 is 17.9 Å². The van der Waals surface area contributed by atoms with E-state index in [-0.39, 0.29) is 0 Å². The second-order valence-electron chi connectivity index (χ2n) is 3.62. The van der Waals surface area contributed by atoms with Crippen LogP contribution in [-0.4, -0.2) is 17.9 Å². The van der Waals surface area contributed by atoms with Crippen molar-refractivity contribution in [1.82, 2.24) is 0 Å². The number of nitrogens with zero attached hydrogens (tertiary/aromatic N) is 4. The van der Waals surface area contributed by atoms with Crippen molar-refractivity contribution in [2.45, 2.75) is 4.90 Å². The molecule has 0 unspecified atom stereocenters. The summed E-state index contributed by atoms with van der Waals surface area (Å²) in [6, 6.07) is 6.75. The molecule has 0 radical (unpaired) electrons. The SMILES string of the molecule is N#CC(C#N)=C(C#N)Nc1ccc([N+](=O)[O-])cc1S(=O)(=O)O. The zero-order valence-electron chi connectivity index (χ0n) is 10.5. The molecule has 0 aliphatic carbocycles. The molecular formula is C11H5N5O5S. The van der Waals surface area contributed by atoms with Crippen molar-refractivity contribution in [2.75, 3.05) is 5.32 Å². The van der Waals surface area contributed by atoms with E-state index in [2.05, 4.69) is 5.32 Å². The van der Waals surface area contributed by atoms with Gasteiger partial charge in [0.2, 0.25) is 0 Å². The molecule has 11 heteroatoms. The summed E-state index contributed by atoms with van der Waals surface area (Å²) in [5.74, 6) is 0. The van der Waals surface area contributed by atoms with Crippen molar-refractivity contribution in [3.8, 4) is 18.2 Å². The van der Waals surface area contributed by atoms with Gasteiger partial charge in [0.15, 0.2) is 5.57 Å². The first-order valence-corrected chi connectivity index (χ1v) is 6.66. The first-order valence-electron chi connectivity index (χ1n) is 5.22. The molecule has 0 aliphatic rings. The third-order valence-electron chi connectivity index (χ3n) is 2.30. The highest BCUT2D eigenvalue weighted by Gasteiger charge is 2.21. The summed E-state index contributed by atoms with van der Waals surface area (Å²) in [7, 11) is -4.85. The highest BCUT2D eigenvalue weighted by atomic mass is 32.2. The van der Waals surface area contributed by atoms with E-state index in [0.717, 1.165) is 12.1 Å². The van der Waals surface area contributed by atoms with E-state index in [1.54, 1.807) is 0 Å². The molecule has 22 heavy (non-hydrogen) atoms. The van der Waals surface area contributed by atoms with Gasteiger partial charge in [-0.3, -0.25) is 14.7 Å². The zero-order valence-corrected chi connectivity index (χ0v) is 11.3. The molecule has 1 aromatic carbocycles. The molecule has 0 saturated carbocycles. The third kappa shape index (κ3) is 3.55. The van der Waals surface area contributed by atoms with Crippen LogP contribution in [0.5, 0.6) is 0 Å². The van der Waals surface area contributed by atoms with E-state index in [0.29, 0.717) is 6.07 Å². The molecule has 1 aromatic rings. The second kappa shape index (κ2) is 6.33. The highest BCUT2D eigenvalue weighted by molar-refractivity contribution is 7.86. The number of nitriles is 3. The number of benzene rings is 1. The number of rotatable bonds is 4. The second-order valence-corrected chi connectivity index (χ2v) is 5.01. The smallest absolute Gasteiger partial charge is 0.296 e. The first-order chi connectivity index (χ1) is 10.2. The van der Waals surface area contributed by atoms with Crippen LogP contribution in [0.15, 0.2) is 34.4 Å². The maximum Gasteiger partial charge on any atom is 0.296 e. The average Bonchev–Trinajstić information content (AvgIpc) is 2.46. The van der Waals surface area contributed by atoms with Crippen molar-refractivity contribution in [3.63, 3.8) is 0 Å². The van der Waals surface area contributed by atoms with Crippen molar-refractivity contribution in [3.05, 3.63) is 39.6 Å². The average molecular weight is 319 g/mol. The quantitative estimate of drug-likeness (QED) is 0.355. The van der Waals surface area contributed by atoms with Crippen molar-refractivity contribution >= 4 is 21.5 Å². The fourth-order valence-corrected chi connectivity index (χ4v) is 2.03. The Balaban J connectivity index is 3.55. The van der Waals surface area contributed by atoms with Gasteiger partial charge in [0, 0.05) is 12.1 Å². The van der Waals surface area contributed by atoms with Crippen LogP contribution < -0.4 is 5.32 Å². The fraction of sp³-hybridized carbons (Fsp3) is 0. The largest absolute Gasteiger partial charge is 0.344 e. The summed E-state index contributed by atoms with van der Waals surface area (Å²) in [6.45, 7) is 0. The molecule has 0 aliphatic heterocycles. The molecule has 10 nitrogen and oxygen atoms in total. The lowest BCUT2D eigenvalue weighted by Gasteiger charge is -2.08. The summed E-state index contributed by atoms with van der Waals surface area (Å²) in [6.07, 6.45) is 0. The van der Waals surface area contributed by atoms with E-state index >= 15 is 0 Å². The normalized spacial score (nSPS) is 9.73. The first kappa shape index (κ1) is 16.6. The van der Waals surface area contributed by atoms with Gasteiger partial charge in [-0.2, -0.15) is 24.2 Å². The zero-order chi connectivity index (χ0) is 16.9. The summed E-state index contributed by atoms with van der Waals surface area (Å²) in [5.41, 5.74) is -2.19. The van der Waals surface area contributed by atoms with E-state index in [1.165, 1.54) is 18.2 Å². The standard InChI is InChI=1S/C11H5N5O5S/c12-4-7(5-13)10(6-14)15-9-2-1-8(16(17)18)3-11(9)22(19,20)21/h1-3,15H,(H,19,20,21). The van der Waals surface area contributed by atoms with Crippen LogP contribution in [0.2, 0.25) is 0 Å². The molecule has 0 aromatic heterocycles. The number of nitro benzene ring substituents is 1. The lowest BCUT2D eigenvalue weighted by atomic mass is 10.2. The molecule has 0 amide bonds. The predicted octanol–water partition coefficient (Wildman–Crippen LogP) is 1.08. The Morgan fingerprint density at radius 1 is 1.23 bits per heavy atom. The molecule has 0 bridgehead atoms. The maximum absolute atomic E-state index is 11.3. The Morgan fingerprint density at radius 2 is 1.82 bits per heavy atom. The molecule has 110 valence electrons. The van der Waals surface area contributed by atoms with Gasteiger partial charge in [-0.25, -0.2) is 0 Å². The number of hydrogen-bond acceptors (Lipinski definition) is 8. The number of allylic oxidation sites excluding steroid dienone is 2. The van der Waals surface area contributed by atoms with Gasteiger partial charge < -0.3 is 5.32 Å². The van der Waals surface area contributed by atoms with Gasteiger partial charge in [0.25, 0.3) is 15.8 Å². The maximum atomic E-state index is 11.3.